The van der Waals surface area contributed by atoms with Gasteiger partial charge in [0.25, 0.3) is 11.6 Å². The van der Waals surface area contributed by atoms with Crippen LogP contribution in [-0.2, 0) is 19.1 Å². The minimum atomic E-state index is -0.762. The van der Waals surface area contributed by atoms with Crippen molar-refractivity contribution in [3.05, 3.63) is 64.2 Å². The monoisotopic (exact) mass is 441 g/mol. The predicted octanol–water partition coefficient (Wildman–Crippen LogP) is 2.38. The molecule has 1 saturated heterocycles. The molecule has 10 heteroatoms. The van der Waals surface area contributed by atoms with E-state index in [4.69, 9.17) is 9.47 Å². The molecule has 1 aliphatic rings. The number of rotatable bonds is 8. The van der Waals surface area contributed by atoms with Gasteiger partial charge in [-0.2, -0.15) is 0 Å². The Morgan fingerprint density at radius 3 is 2.62 bits per heavy atom. The van der Waals surface area contributed by atoms with Gasteiger partial charge >= 0.3 is 5.97 Å². The van der Waals surface area contributed by atoms with Crippen molar-refractivity contribution in [2.45, 2.75) is 19.4 Å². The van der Waals surface area contributed by atoms with Crippen LogP contribution < -0.4 is 15.0 Å². The highest BCUT2D eigenvalue weighted by atomic mass is 16.6. The second-order valence-corrected chi connectivity index (χ2v) is 7.33. The normalized spacial score (nSPS) is 16.4. The molecule has 2 atom stereocenters. The fourth-order valence-corrected chi connectivity index (χ4v) is 3.46. The number of hydrogen-bond acceptors (Lipinski definition) is 7. The summed E-state index contributed by atoms with van der Waals surface area (Å²) in [7, 11) is 1.34. The molecule has 2 aromatic rings. The fraction of sp³-hybridized carbons (Fsp3) is 0.318. The number of non-ortho nitro benzene ring substituents is 1. The number of benzene rings is 2. The number of carbonyl (C=O) groups excluding carboxylic acids is 3. The van der Waals surface area contributed by atoms with Gasteiger partial charge in [-0.25, -0.2) is 0 Å². The summed E-state index contributed by atoms with van der Waals surface area (Å²) in [4.78, 5) is 48.7. The van der Waals surface area contributed by atoms with Crippen LogP contribution in [0.5, 0.6) is 5.75 Å². The molecule has 0 aliphatic carbocycles. The van der Waals surface area contributed by atoms with Gasteiger partial charge in [0.2, 0.25) is 5.91 Å². The molecule has 2 amide bonds. The number of nitrogens with one attached hydrogen (secondary N) is 1. The van der Waals surface area contributed by atoms with Gasteiger partial charge in [-0.15, -0.1) is 0 Å². The minimum absolute atomic E-state index is 0.0217. The van der Waals surface area contributed by atoms with Gasteiger partial charge in [0.15, 0.2) is 6.61 Å². The lowest BCUT2D eigenvalue weighted by molar-refractivity contribution is -0.384. The first-order chi connectivity index (χ1) is 15.3. The number of hydrogen-bond donors (Lipinski definition) is 1. The zero-order valence-corrected chi connectivity index (χ0v) is 17.6. The van der Waals surface area contributed by atoms with Gasteiger partial charge in [0, 0.05) is 19.0 Å². The molecule has 1 fully saturated rings. The third-order valence-electron chi connectivity index (χ3n) is 5.15. The molecule has 10 nitrogen and oxygen atoms in total. The Morgan fingerprint density at radius 2 is 1.97 bits per heavy atom. The summed E-state index contributed by atoms with van der Waals surface area (Å²) in [5.74, 6) is -2.07. The van der Waals surface area contributed by atoms with Crippen molar-refractivity contribution in [2.24, 2.45) is 5.92 Å². The summed E-state index contributed by atoms with van der Waals surface area (Å²) >= 11 is 0. The molecule has 0 bridgehead atoms. The fourth-order valence-electron chi connectivity index (χ4n) is 3.46. The predicted molar refractivity (Wildman–Crippen MR) is 114 cm³/mol. The zero-order chi connectivity index (χ0) is 23.3. The van der Waals surface area contributed by atoms with E-state index in [0.717, 1.165) is 5.56 Å². The molecule has 0 saturated carbocycles. The molecule has 0 unspecified atom stereocenters. The Balaban J connectivity index is 1.57. The first-order valence-corrected chi connectivity index (χ1v) is 9.94. The highest BCUT2D eigenvalue weighted by Crippen LogP contribution is 2.35. The number of carbonyl (C=O) groups is 3. The second kappa shape index (κ2) is 9.90. The van der Waals surface area contributed by atoms with Gasteiger partial charge in [-0.1, -0.05) is 30.3 Å². The highest BCUT2D eigenvalue weighted by Gasteiger charge is 2.37. The van der Waals surface area contributed by atoms with E-state index in [2.05, 4.69) is 5.32 Å². The van der Waals surface area contributed by atoms with Crippen molar-refractivity contribution < 1.29 is 28.8 Å². The topological polar surface area (TPSA) is 128 Å². The lowest BCUT2D eigenvalue weighted by Crippen LogP contribution is -2.32. The molecule has 32 heavy (non-hydrogen) atoms. The summed E-state index contributed by atoms with van der Waals surface area (Å²) in [6.07, 6.45) is -0.0962. The third-order valence-corrected chi connectivity index (χ3v) is 5.15. The maximum atomic E-state index is 12.5. The van der Waals surface area contributed by atoms with Gasteiger partial charge in [0.1, 0.15) is 5.75 Å². The SMILES string of the molecule is COc1cc([N+](=O)[O-])ccc1N1C[C@@H](C(=O)OCC(=O)N[C@H](C)c2ccccc2)CC1=O. The van der Waals surface area contributed by atoms with Crippen LogP contribution in [0.25, 0.3) is 0 Å². The highest BCUT2D eigenvalue weighted by molar-refractivity contribution is 6.00. The number of nitrogens with zero attached hydrogens (tertiary/aromatic N) is 2. The van der Waals surface area contributed by atoms with E-state index in [9.17, 15) is 24.5 Å². The molecule has 0 radical (unpaired) electrons. The summed E-state index contributed by atoms with van der Waals surface area (Å²) in [6.45, 7) is 1.38. The Labute approximate surface area is 184 Å². The van der Waals surface area contributed by atoms with Gasteiger partial charge in [-0.05, 0) is 18.6 Å². The van der Waals surface area contributed by atoms with Gasteiger partial charge < -0.3 is 19.7 Å². The number of anilines is 1. The molecule has 2 aromatic carbocycles. The lowest BCUT2D eigenvalue weighted by Gasteiger charge is -2.19. The first kappa shape index (κ1) is 22.7. The van der Waals surface area contributed by atoms with Crippen LogP contribution in [-0.4, -0.2) is 43.0 Å². The second-order valence-electron chi connectivity index (χ2n) is 7.33. The van der Waals surface area contributed by atoms with Crippen molar-refractivity contribution in [1.82, 2.24) is 5.32 Å². The minimum Gasteiger partial charge on any atom is -0.494 e. The van der Waals surface area contributed by atoms with Crippen molar-refractivity contribution >= 4 is 29.2 Å². The number of esters is 1. The maximum absolute atomic E-state index is 12.5. The summed E-state index contributed by atoms with van der Waals surface area (Å²) in [5, 5.41) is 13.7. The van der Waals surface area contributed by atoms with Crippen molar-refractivity contribution in [3.8, 4) is 5.75 Å². The smallest absolute Gasteiger partial charge is 0.311 e. The Morgan fingerprint density at radius 1 is 1.25 bits per heavy atom. The van der Waals surface area contributed by atoms with Crippen molar-refractivity contribution in [3.63, 3.8) is 0 Å². The molecule has 1 N–H and O–H groups in total. The first-order valence-electron chi connectivity index (χ1n) is 9.94. The molecule has 0 aromatic heterocycles. The van der Waals surface area contributed by atoms with Crippen LogP contribution in [0.2, 0.25) is 0 Å². The van der Waals surface area contributed by atoms with E-state index in [1.165, 1.54) is 30.2 Å². The van der Waals surface area contributed by atoms with E-state index in [0.29, 0.717) is 5.69 Å². The number of amides is 2. The lowest BCUT2D eigenvalue weighted by atomic mass is 10.1. The van der Waals surface area contributed by atoms with Gasteiger partial charge in [0.05, 0.1) is 35.7 Å². The molecular formula is C22H23N3O7. The van der Waals surface area contributed by atoms with Crippen LogP contribution in [0, 0.1) is 16.0 Å². The summed E-state index contributed by atoms with van der Waals surface area (Å²) in [5.41, 5.74) is 1.07. The number of ether oxygens (including phenoxy) is 2. The maximum Gasteiger partial charge on any atom is 0.311 e. The summed E-state index contributed by atoms with van der Waals surface area (Å²) < 4.78 is 10.3. The van der Waals surface area contributed by atoms with Crippen LogP contribution in [0.15, 0.2) is 48.5 Å². The summed E-state index contributed by atoms with van der Waals surface area (Å²) in [6, 6.07) is 13.0. The Kier molecular flexibility index (Phi) is 7.04. The van der Waals surface area contributed by atoms with E-state index in [1.54, 1.807) is 0 Å². The molecule has 0 spiro atoms. The quantitative estimate of drug-likeness (QED) is 0.378. The van der Waals surface area contributed by atoms with E-state index >= 15 is 0 Å². The average molecular weight is 441 g/mol. The van der Waals surface area contributed by atoms with E-state index in [-0.39, 0.29) is 36.4 Å². The van der Waals surface area contributed by atoms with E-state index < -0.39 is 29.3 Å². The molecule has 1 heterocycles. The molecule has 3 rings (SSSR count). The zero-order valence-electron chi connectivity index (χ0n) is 17.6. The van der Waals surface area contributed by atoms with Crippen LogP contribution in [0.4, 0.5) is 11.4 Å². The molecular weight excluding hydrogens is 418 g/mol. The van der Waals surface area contributed by atoms with Crippen molar-refractivity contribution in [2.75, 3.05) is 25.2 Å². The average Bonchev–Trinajstić information content (AvgIpc) is 3.18. The number of methoxy groups -OCH3 is 1. The Hall–Kier alpha value is -3.95. The van der Waals surface area contributed by atoms with Gasteiger partial charge in [-0.3, -0.25) is 24.5 Å². The van der Waals surface area contributed by atoms with Crippen LogP contribution in [0.3, 0.4) is 0 Å². The largest absolute Gasteiger partial charge is 0.494 e. The Bertz CT molecular complexity index is 1030. The molecule has 1 aliphatic heterocycles. The number of nitro benzene ring substituents is 1. The van der Waals surface area contributed by atoms with Crippen molar-refractivity contribution in [1.29, 1.82) is 0 Å². The van der Waals surface area contributed by atoms with Crippen LogP contribution in [0.1, 0.15) is 24.9 Å². The van der Waals surface area contributed by atoms with E-state index in [1.807, 2.05) is 37.3 Å². The molecule has 168 valence electrons. The third kappa shape index (κ3) is 5.20. The number of nitro groups is 1. The van der Waals surface area contributed by atoms with Crippen LogP contribution >= 0.6 is 0 Å². The standard InChI is InChI=1S/C22H23N3O7/c1-14(15-6-4-3-5-7-15)23-20(26)13-32-22(28)16-10-21(27)24(12-16)18-9-8-17(25(29)30)11-19(18)31-2/h3-9,11,14,16H,10,12-13H2,1-2H3,(H,23,26)/t14-,16+/m1/s1.